The molecule has 3 saturated carbocycles. The van der Waals surface area contributed by atoms with E-state index in [-0.39, 0.29) is 22.5 Å². The number of aliphatic hydroxyl groups is 1. The molecule has 0 heterocycles. The molecule has 0 bridgehead atoms. The fourth-order valence-corrected chi connectivity index (χ4v) is 7.43. The van der Waals surface area contributed by atoms with Crippen LogP contribution in [0.15, 0.2) is 36.0 Å². The number of ketones is 1. The zero-order valence-corrected chi connectivity index (χ0v) is 17.1. The van der Waals surface area contributed by atoms with E-state index in [2.05, 4.69) is 26.8 Å². The molecule has 4 rings (SSSR count). The Morgan fingerprint density at radius 3 is 2.71 bits per heavy atom. The minimum absolute atomic E-state index is 0.0899. The van der Waals surface area contributed by atoms with Crippen LogP contribution in [0.1, 0.15) is 52.9 Å². The first-order valence-electron chi connectivity index (χ1n) is 10.7. The average Bonchev–Trinajstić information content (AvgIpc) is 3.00. The van der Waals surface area contributed by atoms with Crippen LogP contribution < -0.4 is 0 Å². The van der Waals surface area contributed by atoms with Crippen molar-refractivity contribution >= 4 is 11.8 Å². The molecular weight excluding hydrogens is 352 g/mol. The molecule has 4 heteroatoms. The van der Waals surface area contributed by atoms with E-state index in [0.29, 0.717) is 23.7 Å². The van der Waals surface area contributed by atoms with Gasteiger partial charge in [-0.1, -0.05) is 38.5 Å². The van der Waals surface area contributed by atoms with Crippen LogP contribution in [-0.2, 0) is 9.59 Å². The molecule has 152 valence electrons. The van der Waals surface area contributed by atoms with Crippen molar-refractivity contribution in [1.82, 2.24) is 0 Å². The minimum atomic E-state index is -0.908. The predicted molar refractivity (Wildman–Crippen MR) is 107 cm³/mol. The monoisotopic (exact) mass is 384 g/mol. The standard InChI is InChI=1S/C24H32O4/c1-14(4-9-22(27)28)18-7-8-19-17-6-5-15-12-16(25)10-11-23(15,2)20(17)13-21(26)24(18,19)3/h4,9-12,14,17-21,26H,5-8,13H2,1-3H3,(H,27,28)/b9-4+/t14-,17+,18-,19+,20+,21+,23+,24-/m1/s1. The van der Waals surface area contributed by atoms with Crippen molar-refractivity contribution in [2.75, 3.05) is 0 Å². The third kappa shape index (κ3) is 2.75. The van der Waals surface area contributed by atoms with Gasteiger partial charge in [0.25, 0.3) is 0 Å². The summed E-state index contributed by atoms with van der Waals surface area (Å²) in [5.74, 6) is 0.997. The summed E-state index contributed by atoms with van der Waals surface area (Å²) in [4.78, 5) is 22.8. The highest BCUT2D eigenvalue weighted by Crippen LogP contribution is 2.66. The third-order valence-corrected chi connectivity index (χ3v) is 8.91. The Bertz CT molecular complexity index is 777. The van der Waals surface area contributed by atoms with Gasteiger partial charge in [0.05, 0.1) is 6.10 Å². The SMILES string of the molecule is C[C@H](/C=C/C(=O)O)[C@H]1CC[C@H]2[C@@H]3CCC4=CC(=O)C=C[C@]4(C)[C@H]3C[C@H](O)[C@]12C. The van der Waals surface area contributed by atoms with E-state index < -0.39 is 12.1 Å². The first-order valence-corrected chi connectivity index (χ1v) is 10.7. The lowest BCUT2D eigenvalue weighted by Crippen LogP contribution is -2.56. The molecule has 0 saturated heterocycles. The molecule has 0 radical (unpaired) electrons. The largest absolute Gasteiger partial charge is 0.478 e. The number of carbonyl (C=O) groups excluding carboxylic acids is 1. The van der Waals surface area contributed by atoms with Gasteiger partial charge < -0.3 is 10.2 Å². The minimum Gasteiger partial charge on any atom is -0.478 e. The zero-order chi connectivity index (χ0) is 20.3. The van der Waals surface area contributed by atoms with Crippen LogP contribution in [0.2, 0.25) is 0 Å². The maximum absolute atomic E-state index is 11.9. The van der Waals surface area contributed by atoms with Crippen LogP contribution >= 0.6 is 0 Å². The van der Waals surface area contributed by atoms with Crippen LogP contribution in [0.25, 0.3) is 0 Å². The summed E-state index contributed by atoms with van der Waals surface area (Å²) in [5.41, 5.74) is 0.950. The first-order chi connectivity index (χ1) is 13.2. The van der Waals surface area contributed by atoms with Gasteiger partial charge in [0, 0.05) is 11.5 Å². The van der Waals surface area contributed by atoms with Gasteiger partial charge in [0.15, 0.2) is 5.78 Å². The molecule has 0 unspecified atom stereocenters. The number of aliphatic hydroxyl groups excluding tert-OH is 1. The molecule has 0 amide bonds. The van der Waals surface area contributed by atoms with E-state index in [1.54, 1.807) is 12.2 Å². The van der Waals surface area contributed by atoms with Crippen molar-refractivity contribution in [3.63, 3.8) is 0 Å². The Morgan fingerprint density at radius 2 is 2.00 bits per heavy atom. The molecule has 2 N–H and O–H groups in total. The van der Waals surface area contributed by atoms with Crippen molar-refractivity contribution in [3.05, 3.63) is 36.0 Å². The normalized spacial score (nSPS) is 45.9. The number of hydrogen-bond acceptors (Lipinski definition) is 3. The number of carbonyl (C=O) groups is 2. The Kier molecular flexibility index (Phi) is 4.69. The number of rotatable bonds is 3. The fourth-order valence-electron chi connectivity index (χ4n) is 7.43. The quantitative estimate of drug-likeness (QED) is 0.717. The topological polar surface area (TPSA) is 74.6 Å². The molecule has 0 spiro atoms. The van der Waals surface area contributed by atoms with Crippen molar-refractivity contribution in [3.8, 4) is 0 Å². The fraction of sp³-hybridized carbons (Fsp3) is 0.667. The van der Waals surface area contributed by atoms with Crippen LogP contribution in [0.3, 0.4) is 0 Å². The van der Waals surface area contributed by atoms with Crippen molar-refractivity contribution in [2.45, 2.75) is 59.0 Å². The van der Waals surface area contributed by atoms with E-state index in [9.17, 15) is 14.7 Å². The molecule has 0 aromatic carbocycles. The molecule has 4 aliphatic rings. The van der Waals surface area contributed by atoms with Gasteiger partial charge in [-0.2, -0.15) is 0 Å². The summed E-state index contributed by atoms with van der Waals surface area (Å²) >= 11 is 0. The number of aliphatic carboxylic acids is 1. The summed E-state index contributed by atoms with van der Waals surface area (Å²) in [6, 6.07) is 0. The van der Waals surface area contributed by atoms with E-state index in [4.69, 9.17) is 5.11 Å². The zero-order valence-electron chi connectivity index (χ0n) is 17.1. The smallest absolute Gasteiger partial charge is 0.327 e. The molecule has 28 heavy (non-hydrogen) atoms. The lowest BCUT2D eigenvalue weighted by Gasteiger charge is -2.59. The first kappa shape index (κ1) is 19.6. The highest BCUT2D eigenvalue weighted by Gasteiger charge is 2.62. The molecule has 0 aromatic rings. The summed E-state index contributed by atoms with van der Waals surface area (Å²) < 4.78 is 0. The van der Waals surface area contributed by atoms with Crippen LogP contribution in [0.4, 0.5) is 0 Å². The van der Waals surface area contributed by atoms with Gasteiger partial charge in [-0.15, -0.1) is 0 Å². The second-order valence-corrected chi connectivity index (χ2v) is 9.96. The highest BCUT2D eigenvalue weighted by molar-refractivity contribution is 6.01. The van der Waals surface area contributed by atoms with Crippen molar-refractivity contribution in [1.29, 1.82) is 0 Å². The lowest BCUT2D eigenvalue weighted by molar-refractivity contribution is -0.131. The highest BCUT2D eigenvalue weighted by atomic mass is 16.4. The van der Waals surface area contributed by atoms with Gasteiger partial charge in [-0.05, 0) is 79.3 Å². The van der Waals surface area contributed by atoms with Crippen molar-refractivity contribution < 1.29 is 19.8 Å². The van der Waals surface area contributed by atoms with E-state index in [0.717, 1.165) is 32.1 Å². The van der Waals surface area contributed by atoms with Crippen LogP contribution in [-0.4, -0.2) is 28.1 Å². The van der Waals surface area contributed by atoms with Gasteiger partial charge in [-0.3, -0.25) is 4.79 Å². The predicted octanol–water partition coefficient (Wildman–Crippen LogP) is 4.16. The molecule has 4 aliphatic carbocycles. The van der Waals surface area contributed by atoms with Gasteiger partial charge in [-0.25, -0.2) is 4.79 Å². The summed E-state index contributed by atoms with van der Waals surface area (Å²) in [6.07, 6.45) is 13.3. The molecule has 4 nitrogen and oxygen atoms in total. The second kappa shape index (κ2) is 6.69. The molecule has 0 aromatic heterocycles. The number of hydrogen-bond donors (Lipinski definition) is 2. The second-order valence-electron chi connectivity index (χ2n) is 9.96. The van der Waals surface area contributed by atoms with E-state index in [1.807, 2.05) is 6.08 Å². The molecule has 0 aliphatic heterocycles. The number of carboxylic acids is 1. The van der Waals surface area contributed by atoms with Gasteiger partial charge in [0.2, 0.25) is 0 Å². The Labute approximate surface area is 167 Å². The Balaban J connectivity index is 1.64. The molecule has 3 fully saturated rings. The average molecular weight is 385 g/mol. The maximum Gasteiger partial charge on any atom is 0.327 e. The summed E-state index contributed by atoms with van der Waals surface area (Å²) in [7, 11) is 0. The van der Waals surface area contributed by atoms with E-state index in [1.165, 1.54) is 11.6 Å². The Hall–Kier alpha value is -1.68. The van der Waals surface area contributed by atoms with Gasteiger partial charge >= 0.3 is 5.97 Å². The summed E-state index contributed by atoms with van der Waals surface area (Å²) in [6.45, 7) is 6.59. The van der Waals surface area contributed by atoms with Crippen LogP contribution in [0, 0.1) is 40.4 Å². The molecular formula is C24H32O4. The lowest BCUT2D eigenvalue weighted by atomic mass is 9.46. The van der Waals surface area contributed by atoms with Crippen molar-refractivity contribution in [2.24, 2.45) is 40.4 Å². The van der Waals surface area contributed by atoms with Gasteiger partial charge in [0.1, 0.15) is 0 Å². The van der Waals surface area contributed by atoms with Crippen LogP contribution in [0.5, 0.6) is 0 Å². The molecule has 8 atom stereocenters. The number of allylic oxidation sites excluding steroid dienone is 5. The third-order valence-electron chi connectivity index (χ3n) is 8.91. The Morgan fingerprint density at radius 1 is 1.25 bits per heavy atom. The van der Waals surface area contributed by atoms with E-state index >= 15 is 0 Å². The summed E-state index contributed by atoms with van der Waals surface area (Å²) in [5, 5.41) is 20.4. The number of fused-ring (bicyclic) bond motifs is 5. The number of carboxylic acid groups (broad SMARTS) is 1. The maximum atomic E-state index is 11.9.